The van der Waals surface area contributed by atoms with E-state index < -0.39 is 0 Å². The average molecular weight is 409 g/mol. The van der Waals surface area contributed by atoms with Crippen LogP contribution in [0.4, 0.5) is 5.82 Å². The van der Waals surface area contributed by atoms with Crippen molar-refractivity contribution in [1.82, 2.24) is 9.78 Å². The molecule has 0 atom stereocenters. The molecule has 0 saturated heterocycles. The number of carbonyl (C=O) groups excluding carboxylic acids is 1. The summed E-state index contributed by atoms with van der Waals surface area (Å²) < 4.78 is 1.63. The number of anilines is 1. The molecule has 0 fully saturated rings. The Morgan fingerprint density at radius 3 is 2.16 bits per heavy atom. The third-order valence-electron chi connectivity index (χ3n) is 5.22. The van der Waals surface area contributed by atoms with Crippen LogP contribution in [0.3, 0.4) is 0 Å². The summed E-state index contributed by atoms with van der Waals surface area (Å²) in [6.45, 7) is 5.57. The maximum atomic E-state index is 13.2. The van der Waals surface area contributed by atoms with Crippen molar-refractivity contribution in [2.75, 3.05) is 5.32 Å². The highest BCUT2D eigenvalue weighted by Crippen LogP contribution is 2.27. The fraction of sp³-hybridized carbons (Fsp3) is 0.115. The minimum absolute atomic E-state index is 0.213. The summed E-state index contributed by atoms with van der Waals surface area (Å²) in [5.41, 5.74) is 4.54. The molecule has 1 amide bonds. The topological polar surface area (TPSA) is 64.0 Å². The predicted octanol–water partition coefficient (Wildman–Crippen LogP) is 5.08. The van der Waals surface area contributed by atoms with E-state index in [0.29, 0.717) is 22.6 Å². The zero-order valence-electron chi connectivity index (χ0n) is 17.7. The van der Waals surface area contributed by atoms with E-state index in [9.17, 15) is 9.59 Å². The lowest BCUT2D eigenvalue weighted by Gasteiger charge is -2.19. The standard InChI is InChI=1S/C26H23N3O2/c1-17-13-15-21(16-14-17)29-25(27-26(31)22-12-8-7-9-18(22)2)23(24(30)19(3)28-29)20-10-5-4-6-11-20/h4-16H,1-3H3,(H,27,31). The van der Waals surface area contributed by atoms with Crippen molar-refractivity contribution in [2.24, 2.45) is 0 Å². The van der Waals surface area contributed by atoms with Crippen LogP contribution in [0, 0.1) is 20.8 Å². The van der Waals surface area contributed by atoms with Crippen molar-refractivity contribution in [1.29, 1.82) is 0 Å². The van der Waals surface area contributed by atoms with E-state index in [0.717, 1.165) is 22.4 Å². The van der Waals surface area contributed by atoms with E-state index in [4.69, 9.17) is 0 Å². The van der Waals surface area contributed by atoms with Crippen molar-refractivity contribution in [2.45, 2.75) is 20.8 Å². The van der Waals surface area contributed by atoms with Gasteiger partial charge in [-0.25, -0.2) is 4.68 Å². The smallest absolute Gasteiger partial charge is 0.257 e. The number of hydrogen-bond acceptors (Lipinski definition) is 3. The molecule has 31 heavy (non-hydrogen) atoms. The molecule has 4 aromatic rings. The summed E-state index contributed by atoms with van der Waals surface area (Å²) in [5, 5.41) is 7.49. The second kappa shape index (κ2) is 8.40. The predicted molar refractivity (Wildman–Crippen MR) is 124 cm³/mol. The van der Waals surface area contributed by atoms with Gasteiger partial charge in [0.1, 0.15) is 11.5 Å². The third kappa shape index (κ3) is 4.03. The largest absolute Gasteiger partial charge is 0.306 e. The van der Waals surface area contributed by atoms with Crippen LogP contribution >= 0.6 is 0 Å². The molecule has 5 heteroatoms. The monoisotopic (exact) mass is 409 g/mol. The summed E-state index contributed by atoms with van der Waals surface area (Å²) in [7, 11) is 0. The molecular formula is C26H23N3O2. The van der Waals surface area contributed by atoms with Crippen LogP contribution in [-0.4, -0.2) is 15.7 Å². The van der Waals surface area contributed by atoms with E-state index in [-0.39, 0.29) is 11.3 Å². The van der Waals surface area contributed by atoms with Gasteiger partial charge in [0.2, 0.25) is 5.43 Å². The average Bonchev–Trinajstić information content (AvgIpc) is 2.78. The summed E-state index contributed by atoms with van der Waals surface area (Å²) in [4.78, 5) is 26.4. The summed E-state index contributed by atoms with van der Waals surface area (Å²) in [6.07, 6.45) is 0. The molecule has 3 aromatic carbocycles. The van der Waals surface area contributed by atoms with E-state index >= 15 is 0 Å². The lowest BCUT2D eigenvalue weighted by Crippen LogP contribution is -2.25. The van der Waals surface area contributed by atoms with Gasteiger partial charge in [-0.1, -0.05) is 66.2 Å². The first-order valence-electron chi connectivity index (χ1n) is 10.1. The molecule has 0 saturated carbocycles. The van der Waals surface area contributed by atoms with E-state index in [1.807, 2.05) is 86.6 Å². The molecule has 1 heterocycles. The van der Waals surface area contributed by atoms with Crippen LogP contribution in [0.1, 0.15) is 27.2 Å². The van der Waals surface area contributed by atoms with Crippen molar-refractivity contribution in [3.05, 3.63) is 111 Å². The van der Waals surface area contributed by atoms with E-state index in [1.165, 1.54) is 0 Å². The first-order valence-corrected chi connectivity index (χ1v) is 10.1. The molecule has 5 nitrogen and oxygen atoms in total. The quantitative estimate of drug-likeness (QED) is 0.511. The maximum absolute atomic E-state index is 13.2. The number of amides is 1. The molecule has 0 aliphatic heterocycles. The molecular weight excluding hydrogens is 386 g/mol. The second-order valence-electron chi connectivity index (χ2n) is 7.52. The van der Waals surface area contributed by atoms with Gasteiger partial charge in [-0.05, 0) is 50.1 Å². The Balaban J connectivity index is 1.97. The van der Waals surface area contributed by atoms with Crippen LogP contribution in [0.15, 0.2) is 83.7 Å². The van der Waals surface area contributed by atoms with Gasteiger partial charge in [-0.15, -0.1) is 0 Å². The first-order chi connectivity index (χ1) is 15.0. The van der Waals surface area contributed by atoms with Gasteiger partial charge in [0.05, 0.1) is 11.3 Å². The third-order valence-corrected chi connectivity index (χ3v) is 5.22. The fourth-order valence-corrected chi connectivity index (χ4v) is 3.50. The molecule has 0 radical (unpaired) electrons. The Labute approximate surface area is 181 Å². The number of carbonyl (C=O) groups is 1. The van der Waals surface area contributed by atoms with Gasteiger partial charge in [0, 0.05) is 5.56 Å². The Hall–Kier alpha value is -3.99. The van der Waals surface area contributed by atoms with Gasteiger partial charge in [0.25, 0.3) is 5.91 Å². The lowest BCUT2D eigenvalue weighted by molar-refractivity contribution is 0.102. The van der Waals surface area contributed by atoms with E-state index in [1.54, 1.807) is 17.7 Å². The van der Waals surface area contributed by atoms with Crippen LogP contribution in [0.25, 0.3) is 16.8 Å². The molecule has 1 N–H and O–H groups in total. The van der Waals surface area contributed by atoms with Gasteiger partial charge >= 0.3 is 0 Å². The zero-order chi connectivity index (χ0) is 22.0. The zero-order valence-corrected chi connectivity index (χ0v) is 17.7. The minimum Gasteiger partial charge on any atom is -0.306 e. The molecule has 1 aromatic heterocycles. The number of benzene rings is 3. The van der Waals surface area contributed by atoms with Crippen molar-refractivity contribution >= 4 is 11.7 Å². The number of nitrogens with one attached hydrogen (secondary N) is 1. The fourth-order valence-electron chi connectivity index (χ4n) is 3.50. The Morgan fingerprint density at radius 2 is 1.48 bits per heavy atom. The van der Waals surface area contributed by atoms with Crippen molar-refractivity contribution in [3.8, 4) is 16.8 Å². The van der Waals surface area contributed by atoms with E-state index in [2.05, 4.69) is 10.4 Å². The summed E-state index contributed by atoms with van der Waals surface area (Å²) in [5.74, 6) is 0.0556. The number of nitrogens with zero attached hydrogens (tertiary/aromatic N) is 2. The summed E-state index contributed by atoms with van der Waals surface area (Å²) in [6, 6.07) is 24.5. The Bertz CT molecular complexity index is 1310. The van der Waals surface area contributed by atoms with Gasteiger partial charge < -0.3 is 5.32 Å². The molecule has 0 unspecified atom stereocenters. The van der Waals surface area contributed by atoms with Crippen molar-refractivity contribution in [3.63, 3.8) is 0 Å². The molecule has 0 bridgehead atoms. The number of rotatable bonds is 4. The second-order valence-corrected chi connectivity index (χ2v) is 7.52. The SMILES string of the molecule is Cc1ccc(-n2nc(C)c(=O)c(-c3ccccc3)c2NC(=O)c2ccccc2C)cc1. The summed E-state index contributed by atoms with van der Waals surface area (Å²) >= 11 is 0. The molecule has 4 rings (SSSR count). The maximum Gasteiger partial charge on any atom is 0.257 e. The first kappa shape index (κ1) is 20.3. The Kier molecular flexibility index (Phi) is 5.50. The van der Waals surface area contributed by atoms with Crippen LogP contribution < -0.4 is 10.7 Å². The van der Waals surface area contributed by atoms with Crippen LogP contribution in [0.2, 0.25) is 0 Å². The highest BCUT2D eigenvalue weighted by atomic mass is 16.2. The lowest BCUT2D eigenvalue weighted by atomic mass is 10.0. The number of aromatic nitrogens is 2. The number of aryl methyl sites for hydroxylation is 3. The van der Waals surface area contributed by atoms with Crippen molar-refractivity contribution < 1.29 is 4.79 Å². The highest BCUT2D eigenvalue weighted by molar-refractivity contribution is 6.06. The molecule has 0 spiro atoms. The Morgan fingerprint density at radius 1 is 0.839 bits per heavy atom. The molecule has 0 aliphatic carbocycles. The molecule has 154 valence electrons. The van der Waals surface area contributed by atoms with Crippen LogP contribution in [-0.2, 0) is 0 Å². The minimum atomic E-state index is -0.291. The van der Waals surface area contributed by atoms with Crippen LogP contribution in [0.5, 0.6) is 0 Å². The van der Waals surface area contributed by atoms with Gasteiger partial charge in [-0.3, -0.25) is 9.59 Å². The normalized spacial score (nSPS) is 10.7. The highest BCUT2D eigenvalue weighted by Gasteiger charge is 2.21. The van der Waals surface area contributed by atoms with Gasteiger partial charge in [0.15, 0.2) is 0 Å². The van der Waals surface area contributed by atoms with Gasteiger partial charge in [-0.2, -0.15) is 5.10 Å². The molecule has 0 aliphatic rings. The number of hydrogen-bond donors (Lipinski definition) is 1.